The minimum absolute atomic E-state index is 0.180. The number of ether oxygens (including phenoxy) is 2. The fraction of sp³-hybridized carbons (Fsp3) is 0.282. The van der Waals surface area contributed by atoms with Crippen LogP contribution >= 0.6 is 11.8 Å². The Hall–Kier alpha value is -5.17. The second kappa shape index (κ2) is 15.0. The number of morpholine rings is 1. The van der Waals surface area contributed by atoms with Crippen LogP contribution in [0.2, 0.25) is 0 Å². The molecule has 0 aliphatic carbocycles. The standard InChI is InChI=1S/C39H42N8O3S/c1-27-8-12-30(13-9-27)47-36(25-34(44-47)39(2,3)4)41-38(48)40-29-10-14-32(15-11-29)51-33-16-17-35-42-43-37(46(35)26-33)28-6-5-7-31(24-28)50-23-20-45-18-21-49-22-19-45/h5-17,24-26H,18-23H2,1-4H3,(H2,40,41,48). The molecule has 1 aliphatic rings. The SMILES string of the molecule is Cc1ccc(-n2nc(C(C)(C)C)cc2NC(=O)Nc2ccc(Sc3ccc4nnc(-c5cccc(OCCN6CCOCC6)c5)n4c3)cc2)cc1. The summed E-state index contributed by atoms with van der Waals surface area (Å²) in [5.74, 6) is 2.15. The summed E-state index contributed by atoms with van der Waals surface area (Å²) >= 11 is 1.62. The molecule has 3 aromatic carbocycles. The molecule has 3 aromatic heterocycles. The Morgan fingerprint density at radius 2 is 1.67 bits per heavy atom. The van der Waals surface area contributed by atoms with Gasteiger partial charge in [-0.3, -0.25) is 14.6 Å². The van der Waals surface area contributed by atoms with E-state index in [2.05, 4.69) is 46.5 Å². The van der Waals surface area contributed by atoms with Gasteiger partial charge in [0.2, 0.25) is 0 Å². The van der Waals surface area contributed by atoms with Crippen LogP contribution < -0.4 is 15.4 Å². The summed E-state index contributed by atoms with van der Waals surface area (Å²) in [5, 5.41) is 19.7. The molecule has 1 aliphatic heterocycles. The Kier molecular flexibility index (Phi) is 10.1. The average molecular weight is 703 g/mol. The van der Waals surface area contributed by atoms with E-state index < -0.39 is 0 Å². The quantitative estimate of drug-likeness (QED) is 0.150. The number of carbonyl (C=O) groups excluding carboxylic acids is 1. The van der Waals surface area contributed by atoms with Gasteiger partial charge in [-0.25, -0.2) is 9.48 Å². The molecule has 0 radical (unpaired) electrons. The Bertz CT molecular complexity index is 2110. The molecule has 7 rings (SSSR count). The maximum Gasteiger partial charge on any atom is 0.324 e. The molecule has 0 saturated carbocycles. The van der Waals surface area contributed by atoms with E-state index in [1.165, 1.54) is 0 Å². The number of pyridine rings is 1. The van der Waals surface area contributed by atoms with Crippen LogP contribution in [0.5, 0.6) is 5.75 Å². The number of amides is 2. The molecule has 51 heavy (non-hydrogen) atoms. The molecular weight excluding hydrogens is 661 g/mol. The van der Waals surface area contributed by atoms with Gasteiger partial charge in [0.25, 0.3) is 0 Å². The summed E-state index contributed by atoms with van der Waals surface area (Å²) in [4.78, 5) is 17.6. The van der Waals surface area contributed by atoms with Crippen molar-refractivity contribution in [1.82, 2.24) is 29.3 Å². The second-order valence-corrected chi connectivity index (χ2v) is 14.7. The van der Waals surface area contributed by atoms with Gasteiger partial charge in [-0.2, -0.15) is 5.10 Å². The largest absolute Gasteiger partial charge is 0.492 e. The van der Waals surface area contributed by atoms with Crippen molar-refractivity contribution in [3.8, 4) is 22.8 Å². The van der Waals surface area contributed by atoms with Crippen molar-refractivity contribution in [3.05, 3.63) is 108 Å². The van der Waals surface area contributed by atoms with Crippen LogP contribution in [0.1, 0.15) is 32.0 Å². The number of aryl methyl sites for hydroxylation is 1. The molecule has 2 N–H and O–H groups in total. The molecule has 12 heteroatoms. The summed E-state index contributed by atoms with van der Waals surface area (Å²) < 4.78 is 15.3. The minimum Gasteiger partial charge on any atom is -0.492 e. The third kappa shape index (κ3) is 8.42. The lowest BCUT2D eigenvalue weighted by Crippen LogP contribution is -2.38. The van der Waals surface area contributed by atoms with Gasteiger partial charge in [0.1, 0.15) is 18.2 Å². The van der Waals surface area contributed by atoms with Gasteiger partial charge in [-0.05, 0) is 67.6 Å². The van der Waals surface area contributed by atoms with E-state index in [1.807, 2.05) is 109 Å². The molecule has 0 spiro atoms. The lowest BCUT2D eigenvalue weighted by Gasteiger charge is -2.26. The Balaban J connectivity index is 0.997. The van der Waals surface area contributed by atoms with E-state index in [0.29, 0.717) is 18.1 Å². The number of anilines is 2. The van der Waals surface area contributed by atoms with Crippen molar-refractivity contribution in [2.24, 2.45) is 0 Å². The number of urea groups is 1. The molecule has 0 unspecified atom stereocenters. The molecule has 6 aromatic rings. The summed E-state index contributed by atoms with van der Waals surface area (Å²) in [6.07, 6.45) is 2.05. The third-order valence-electron chi connectivity index (χ3n) is 8.59. The van der Waals surface area contributed by atoms with E-state index in [4.69, 9.17) is 14.6 Å². The first kappa shape index (κ1) is 34.3. The Morgan fingerprint density at radius 1 is 0.902 bits per heavy atom. The number of benzene rings is 3. The van der Waals surface area contributed by atoms with E-state index in [1.54, 1.807) is 16.4 Å². The molecule has 0 atom stereocenters. The van der Waals surface area contributed by atoms with Crippen LogP contribution in [0.4, 0.5) is 16.3 Å². The van der Waals surface area contributed by atoms with Gasteiger partial charge in [-0.1, -0.05) is 62.4 Å². The van der Waals surface area contributed by atoms with Crippen molar-refractivity contribution < 1.29 is 14.3 Å². The zero-order valence-electron chi connectivity index (χ0n) is 29.3. The zero-order chi connectivity index (χ0) is 35.4. The Labute approximate surface area is 302 Å². The lowest BCUT2D eigenvalue weighted by atomic mass is 9.92. The summed E-state index contributed by atoms with van der Waals surface area (Å²) in [7, 11) is 0. The molecule has 1 fully saturated rings. The fourth-order valence-corrected chi connectivity index (χ4v) is 6.55. The van der Waals surface area contributed by atoms with Crippen molar-refractivity contribution >= 4 is 34.9 Å². The van der Waals surface area contributed by atoms with Crippen molar-refractivity contribution in [2.45, 2.75) is 42.9 Å². The number of carbonyl (C=O) groups is 1. The third-order valence-corrected chi connectivity index (χ3v) is 9.58. The minimum atomic E-state index is -0.346. The highest BCUT2D eigenvalue weighted by molar-refractivity contribution is 7.99. The fourth-order valence-electron chi connectivity index (χ4n) is 5.71. The number of rotatable bonds is 10. The normalized spacial score (nSPS) is 13.7. The lowest BCUT2D eigenvalue weighted by molar-refractivity contribution is 0.0322. The number of aromatic nitrogens is 5. The van der Waals surface area contributed by atoms with Crippen molar-refractivity contribution in [2.75, 3.05) is 50.1 Å². The molecular formula is C39H42N8O3S. The van der Waals surface area contributed by atoms with Crippen LogP contribution in [0.3, 0.4) is 0 Å². The van der Waals surface area contributed by atoms with E-state index in [-0.39, 0.29) is 11.4 Å². The number of hydrogen-bond acceptors (Lipinski definition) is 8. The molecule has 2 amide bonds. The van der Waals surface area contributed by atoms with Gasteiger partial charge in [0, 0.05) is 58.4 Å². The highest BCUT2D eigenvalue weighted by atomic mass is 32.2. The maximum atomic E-state index is 13.1. The molecule has 1 saturated heterocycles. The van der Waals surface area contributed by atoms with Crippen LogP contribution in [-0.4, -0.2) is 74.8 Å². The average Bonchev–Trinajstić information content (AvgIpc) is 3.75. The molecule has 0 bridgehead atoms. The van der Waals surface area contributed by atoms with Crippen molar-refractivity contribution in [3.63, 3.8) is 0 Å². The van der Waals surface area contributed by atoms with Gasteiger partial charge >= 0.3 is 6.03 Å². The van der Waals surface area contributed by atoms with E-state index in [0.717, 1.165) is 82.4 Å². The molecule has 4 heterocycles. The van der Waals surface area contributed by atoms with E-state index >= 15 is 0 Å². The summed E-state index contributed by atoms with van der Waals surface area (Å²) in [6, 6.07) is 29.4. The van der Waals surface area contributed by atoms with Gasteiger partial charge in [0.15, 0.2) is 11.5 Å². The first-order valence-corrected chi connectivity index (χ1v) is 17.9. The monoisotopic (exact) mass is 702 g/mol. The van der Waals surface area contributed by atoms with Crippen LogP contribution in [-0.2, 0) is 10.2 Å². The zero-order valence-corrected chi connectivity index (χ0v) is 30.1. The number of fused-ring (bicyclic) bond motifs is 1. The van der Waals surface area contributed by atoms with Crippen molar-refractivity contribution in [1.29, 1.82) is 0 Å². The topological polar surface area (TPSA) is 111 Å². The maximum absolute atomic E-state index is 13.1. The first-order chi connectivity index (χ1) is 24.7. The number of nitrogens with zero attached hydrogens (tertiary/aromatic N) is 6. The van der Waals surface area contributed by atoms with Gasteiger partial charge in [-0.15, -0.1) is 10.2 Å². The molecule has 11 nitrogen and oxygen atoms in total. The molecule has 262 valence electrons. The predicted molar refractivity (Wildman–Crippen MR) is 201 cm³/mol. The highest BCUT2D eigenvalue weighted by Gasteiger charge is 2.22. The van der Waals surface area contributed by atoms with Crippen LogP contribution in [0.15, 0.2) is 107 Å². The Morgan fingerprint density at radius 3 is 2.43 bits per heavy atom. The predicted octanol–water partition coefficient (Wildman–Crippen LogP) is 7.69. The van der Waals surface area contributed by atoms with Gasteiger partial charge in [0.05, 0.1) is 24.6 Å². The van der Waals surface area contributed by atoms with E-state index in [9.17, 15) is 4.79 Å². The summed E-state index contributed by atoms with van der Waals surface area (Å²) in [6.45, 7) is 13.3. The van der Waals surface area contributed by atoms with Crippen LogP contribution in [0, 0.1) is 6.92 Å². The van der Waals surface area contributed by atoms with Gasteiger partial charge < -0.3 is 14.8 Å². The summed E-state index contributed by atoms with van der Waals surface area (Å²) in [5.41, 5.74) is 5.10. The second-order valence-electron chi connectivity index (χ2n) is 13.6. The first-order valence-electron chi connectivity index (χ1n) is 17.1. The van der Waals surface area contributed by atoms with Crippen LogP contribution in [0.25, 0.3) is 22.7 Å². The number of nitrogens with one attached hydrogen (secondary N) is 2. The highest BCUT2D eigenvalue weighted by Crippen LogP contribution is 2.31. The number of hydrogen-bond donors (Lipinski definition) is 2. The smallest absolute Gasteiger partial charge is 0.324 e.